The number of aromatic nitrogens is 2. The van der Waals surface area contributed by atoms with Crippen molar-refractivity contribution in [3.05, 3.63) is 71.6 Å². The molecule has 0 aliphatic heterocycles. The van der Waals surface area contributed by atoms with Crippen molar-refractivity contribution in [1.82, 2.24) is 5.10 Å². The molecular formula is C22H17N2S+. The minimum atomic E-state index is 1.03. The zero-order valence-electron chi connectivity index (χ0n) is 14.2. The second-order valence-corrected chi connectivity index (χ2v) is 7.45. The first kappa shape index (κ1) is 14.6. The smallest absolute Gasteiger partial charge is 0.144 e. The Morgan fingerprint density at radius 1 is 0.880 bits per heavy atom. The third-order valence-electron chi connectivity index (χ3n) is 4.89. The Hall–Kier alpha value is -2.78. The van der Waals surface area contributed by atoms with Gasteiger partial charge in [0.15, 0.2) is 7.05 Å². The van der Waals surface area contributed by atoms with Gasteiger partial charge in [0.05, 0.1) is 5.56 Å². The Bertz CT molecular complexity index is 1270. The van der Waals surface area contributed by atoms with E-state index < -0.39 is 0 Å². The Morgan fingerprint density at radius 3 is 2.52 bits per heavy atom. The summed E-state index contributed by atoms with van der Waals surface area (Å²) in [6.45, 7) is 2.18. The highest BCUT2D eigenvalue weighted by atomic mass is 32.1. The fourth-order valence-electron chi connectivity index (χ4n) is 3.63. The third-order valence-corrected chi connectivity index (χ3v) is 5.78. The van der Waals surface area contributed by atoms with Crippen LogP contribution in [0.4, 0.5) is 0 Å². The fraction of sp³-hybridized carbons (Fsp3) is 0.0909. The van der Waals surface area contributed by atoms with Crippen molar-refractivity contribution in [2.45, 2.75) is 6.92 Å². The molecule has 3 heteroatoms. The van der Waals surface area contributed by atoms with Gasteiger partial charge in [0.25, 0.3) is 0 Å². The Balaban J connectivity index is 1.86. The molecule has 0 amide bonds. The van der Waals surface area contributed by atoms with E-state index in [4.69, 9.17) is 5.10 Å². The summed E-state index contributed by atoms with van der Waals surface area (Å²) in [6.07, 6.45) is 0. The molecule has 5 aromatic rings. The lowest BCUT2D eigenvalue weighted by Gasteiger charge is -2.07. The minimum absolute atomic E-state index is 1.03. The number of fused-ring (bicyclic) bond motifs is 3. The molecule has 0 radical (unpaired) electrons. The molecule has 2 nitrogen and oxygen atoms in total. The molecule has 0 aliphatic rings. The van der Waals surface area contributed by atoms with E-state index in [-0.39, 0.29) is 0 Å². The van der Waals surface area contributed by atoms with E-state index in [1.165, 1.54) is 37.4 Å². The molecule has 0 fully saturated rings. The van der Waals surface area contributed by atoms with Crippen LogP contribution in [0.15, 0.2) is 66.0 Å². The van der Waals surface area contributed by atoms with Gasteiger partial charge < -0.3 is 0 Å². The van der Waals surface area contributed by atoms with E-state index in [1.54, 1.807) is 11.3 Å². The number of hydrogen-bond acceptors (Lipinski definition) is 2. The van der Waals surface area contributed by atoms with E-state index in [9.17, 15) is 0 Å². The van der Waals surface area contributed by atoms with Crippen molar-refractivity contribution in [3.8, 4) is 11.3 Å². The number of aryl methyl sites for hydroxylation is 2. The van der Waals surface area contributed by atoms with Gasteiger partial charge in [0, 0.05) is 26.6 Å². The van der Waals surface area contributed by atoms with E-state index in [0.29, 0.717) is 0 Å². The standard InChI is InChI=1S/C22H17N2S/c1-14-7-8-21-18(9-10-25-21)22(14)20-13-17-11-15-5-3-4-6-16(15)12-19(17)23-24(20)2/h3-13H,1-2H3/q+1. The number of benzene rings is 3. The molecule has 2 aromatic heterocycles. The summed E-state index contributed by atoms with van der Waals surface area (Å²) in [5.41, 5.74) is 4.75. The van der Waals surface area contributed by atoms with Gasteiger partial charge in [0.2, 0.25) is 5.69 Å². The first-order chi connectivity index (χ1) is 12.2. The minimum Gasteiger partial charge on any atom is -0.144 e. The van der Waals surface area contributed by atoms with E-state index in [2.05, 4.69) is 73.0 Å². The fourth-order valence-corrected chi connectivity index (χ4v) is 4.43. The predicted octanol–water partition coefficient (Wildman–Crippen LogP) is 5.40. The Kier molecular flexibility index (Phi) is 3.12. The molecule has 25 heavy (non-hydrogen) atoms. The monoisotopic (exact) mass is 341 g/mol. The third kappa shape index (κ3) is 2.24. The van der Waals surface area contributed by atoms with Crippen LogP contribution in [0, 0.1) is 6.92 Å². The maximum absolute atomic E-state index is 4.85. The second kappa shape index (κ2) is 5.36. The molecule has 3 aromatic carbocycles. The van der Waals surface area contributed by atoms with Crippen molar-refractivity contribution in [2.75, 3.05) is 0 Å². The average molecular weight is 341 g/mol. The van der Waals surface area contributed by atoms with Gasteiger partial charge in [-0.15, -0.1) is 11.3 Å². The molecule has 0 saturated carbocycles. The van der Waals surface area contributed by atoms with E-state index in [0.717, 1.165) is 11.2 Å². The molecular weight excluding hydrogens is 324 g/mol. The van der Waals surface area contributed by atoms with Crippen LogP contribution in [-0.2, 0) is 7.05 Å². The zero-order valence-corrected chi connectivity index (χ0v) is 15.0. The largest absolute Gasteiger partial charge is 0.240 e. The SMILES string of the molecule is Cc1ccc2sccc2c1-c1cc2cc3ccccc3cc2n[n+]1C. The van der Waals surface area contributed by atoms with Gasteiger partial charge in [0.1, 0.15) is 5.52 Å². The Morgan fingerprint density at radius 2 is 1.68 bits per heavy atom. The Labute approximate surface area is 150 Å². The molecule has 0 unspecified atom stereocenters. The van der Waals surface area contributed by atoms with Crippen LogP contribution in [0.1, 0.15) is 5.56 Å². The molecule has 0 atom stereocenters. The first-order valence-corrected chi connectivity index (χ1v) is 9.26. The van der Waals surface area contributed by atoms with E-state index in [1.807, 2.05) is 11.7 Å². The summed E-state index contributed by atoms with van der Waals surface area (Å²) in [5.74, 6) is 0. The molecule has 5 rings (SSSR count). The highest BCUT2D eigenvalue weighted by Crippen LogP contribution is 2.34. The molecule has 0 N–H and O–H groups in total. The number of nitrogens with zero attached hydrogens (tertiary/aromatic N) is 2. The zero-order chi connectivity index (χ0) is 17.0. The number of thiophene rings is 1. The van der Waals surface area contributed by atoms with Crippen molar-refractivity contribution in [1.29, 1.82) is 0 Å². The van der Waals surface area contributed by atoms with Crippen LogP contribution in [0.3, 0.4) is 0 Å². The van der Waals surface area contributed by atoms with Crippen molar-refractivity contribution >= 4 is 43.1 Å². The maximum atomic E-state index is 4.85. The summed E-state index contributed by atoms with van der Waals surface area (Å²) in [7, 11) is 2.04. The second-order valence-electron chi connectivity index (χ2n) is 6.50. The van der Waals surface area contributed by atoms with Crippen LogP contribution in [0.5, 0.6) is 0 Å². The summed E-state index contributed by atoms with van der Waals surface area (Å²) < 4.78 is 3.33. The van der Waals surface area contributed by atoms with Crippen molar-refractivity contribution < 1.29 is 4.68 Å². The number of hydrogen-bond donors (Lipinski definition) is 0. The normalized spacial score (nSPS) is 11.6. The molecule has 0 spiro atoms. The lowest BCUT2D eigenvalue weighted by atomic mass is 9.99. The molecule has 120 valence electrons. The van der Waals surface area contributed by atoms with Gasteiger partial charge in [-0.2, -0.15) is 0 Å². The van der Waals surface area contributed by atoms with Crippen molar-refractivity contribution in [3.63, 3.8) is 0 Å². The quantitative estimate of drug-likeness (QED) is 0.294. The average Bonchev–Trinajstić information content (AvgIpc) is 3.08. The van der Waals surface area contributed by atoms with Gasteiger partial charge in [-0.05, 0) is 52.9 Å². The number of rotatable bonds is 1. The highest BCUT2D eigenvalue weighted by Gasteiger charge is 2.19. The highest BCUT2D eigenvalue weighted by molar-refractivity contribution is 7.17. The molecule has 0 aliphatic carbocycles. The van der Waals surface area contributed by atoms with Crippen LogP contribution in [0.2, 0.25) is 0 Å². The van der Waals surface area contributed by atoms with Crippen LogP contribution in [0.25, 0.3) is 43.0 Å². The lowest BCUT2D eigenvalue weighted by molar-refractivity contribution is -0.717. The van der Waals surface area contributed by atoms with Gasteiger partial charge in [-0.3, -0.25) is 0 Å². The lowest BCUT2D eigenvalue weighted by Crippen LogP contribution is -2.35. The summed E-state index contributed by atoms with van der Waals surface area (Å²) in [5, 5.41) is 12.0. The van der Waals surface area contributed by atoms with Crippen LogP contribution >= 0.6 is 11.3 Å². The topological polar surface area (TPSA) is 16.8 Å². The summed E-state index contributed by atoms with van der Waals surface area (Å²) in [6, 6.07) is 21.8. The predicted molar refractivity (Wildman–Crippen MR) is 106 cm³/mol. The van der Waals surface area contributed by atoms with Gasteiger partial charge in [-0.25, -0.2) is 0 Å². The van der Waals surface area contributed by atoms with Gasteiger partial charge >= 0.3 is 0 Å². The first-order valence-electron chi connectivity index (χ1n) is 8.38. The maximum Gasteiger partial charge on any atom is 0.240 e. The van der Waals surface area contributed by atoms with Crippen molar-refractivity contribution in [2.24, 2.45) is 7.05 Å². The van der Waals surface area contributed by atoms with Gasteiger partial charge in [-0.1, -0.05) is 35.0 Å². The molecule has 2 heterocycles. The van der Waals surface area contributed by atoms with E-state index >= 15 is 0 Å². The summed E-state index contributed by atoms with van der Waals surface area (Å²) in [4.78, 5) is 0. The summed E-state index contributed by atoms with van der Waals surface area (Å²) >= 11 is 1.79. The van der Waals surface area contributed by atoms with Crippen LogP contribution < -0.4 is 4.68 Å². The molecule has 0 saturated heterocycles. The molecule has 0 bridgehead atoms. The van der Waals surface area contributed by atoms with Crippen LogP contribution in [-0.4, -0.2) is 5.10 Å².